The van der Waals surface area contributed by atoms with Gasteiger partial charge in [-0.25, -0.2) is 0 Å². The number of Topliss-reactive ketones (excluding diaryl/α,β-unsaturated/α-hetero) is 1. The van der Waals surface area contributed by atoms with Gasteiger partial charge in [-0.05, 0) is 36.2 Å². The molecule has 0 saturated heterocycles. The number of hydrogen-bond acceptors (Lipinski definition) is 2. The maximum absolute atomic E-state index is 11.3. The van der Waals surface area contributed by atoms with Crippen LogP contribution in [0.4, 0.5) is 0 Å². The minimum absolute atomic E-state index is 0.0585. The number of rotatable bonds is 3. The molecule has 2 aromatic carbocycles. The van der Waals surface area contributed by atoms with Crippen LogP contribution in [0, 0.1) is 0 Å². The molecule has 2 rings (SSSR count). The summed E-state index contributed by atoms with van der Waals surface area (Å²) in [7, 11) is -0.959. The van der Waals surface area contributed by atoms with Gasteiger partial charge in [0.05, 0.1) is 0 Å². The summed E-state index contributed by atoms with van der Waals surface area (Å²) in [5.41, 5.74) is 2.72. The molecule has 0 aliphatic rings. The summed E-state index contributed by atoms with van der Waals surface area (Å²) in [5.74, 6) is 0.0585. The molecule has 2 nitrogen and oxygen atoms in total. The van der Waals surface area contributed by atoms with Crippen LogP contribution in [-0.4, -0.2) is 16.2 Å². The van der Waals surface area contributed by atoms with Gasteiger partial charge in [0.1, 0.15) is 0 Å². The van der Waals surface area contributed by atoms with Crippen LogP contribution in [0.5, 0.6) is 0 Å². The van der Waals surface area contributed by atoms with Crippen molar-refractivity contribution in [2.24, 2.45) is 0 Å². The van der Waals surface area contributed by atoms with Crippen LogP contribution in [0.15, 0.2) is 53.4 Å². The van der Waals surface area contributed by atoms with E-state index in [1.165, 1.54) is 0 Å². The minimum Gasteiger partial charge on any atom is -0.295 e. The van der Waals surface area contributed by atoms with E-state index in [1.807, 2.05) is 42.5 Å². The predicted octanol–water partition coefficient (Wildman–Crippen LogP) is 3.29. The van der Waals surface area contributed by atoms with Crippen LogP contribution in [0.2, 0.25) is 0 Å². The van der Waals surface area contributed by atoms with Crippen molar-refractivity contribution in [1.29, 1.82) is 0 Å². The quantitative estimate of drug-likeness (QED) is 0.792. The summed E-state index contributed by atoms with van der Waals surface area (Å²) in [6, 6.07) is 15.1. The van der Waals surface area contributed by atoms with Crippen molar-refractivity contribution in [3.8, 4) is 11.1 Å². The Labute approximate surface area is 109 Å². The first-order valence-corrected chi connectivity index (χ1v) is 7.18. The Balaban J connectivity index is 2.39. The Bertz CT molecular complexity index is 600. The normalized spacial score (nSPS) is 12.1. The molecule has 3 heteroatoms. The third-order valence-electron chi connectivity index (χ3n) is 2.79. The van der Waals surface area contributed by atoms with Gasteiger partial charge in [-0.2, -0.15) is 0 Å². The maximum Gasteiger partial charge on any atom is 0.159 e. The molecule has 2 aromatic rings. The Morgan fingerprint density at radius 3 is 2.22 bits per heavy atom. The molecule has 0 aliphatic heterocycles. The number of carbonyl (C=O) groups excluding carboxylic acids is 1. The molecule has 0 amide bonds. The molecule has 92 valence electrons. The zero-order chi connectivity index (χ0) is 13.1. The van der Waals surface area contributed by atoms with Crippen molar-refractivity contribution >= 4 is 16.6 Å². The zero-order valence-electron chi connectivity index (χ0n) is 10.3. The highest BCUT2D eigenvalue weighted by Gasteiger charge is 2.03. The fourth-order valence-electron chi connectivity index (χ4n) is 1.76. The van der Waals surface area contributed by atoms with E-state index in [1.54, 1.807) is 19.2 Å². The first-order valence-electron chi connectivity index (χ1n) is 5.63. The van der Waals surface area contributed by atoms with E-state index in [0.717, 1.165) is 16.0 Å². The number of hydrogen-bond donors (Lipinski definition) is 0. The molecule has 0 fully saturated rings. The van der Waals surface area contributed by atoms with Gasteiger partial charge in [-0.15, -0.1) is 0 Å². The molecular formula is C15H14O2S. The van der Waals surface area contributed by atoms with E-state index < -0.39 is 10.8 Å². The SMILES string of the molecule is CC(=O)c1cccc(-c2ccc(S(C)=O)cc2)c1. The molecule has 0 radical (unpaired) electrons. The van der Waals surface area contributed by atoms with Crippen molar-refractivity contribution in [2.45, 2.75) is 11.8 Å². The molecule has 0 heterocycles. The second kappa shape index (κ2) is 5.27. The average Bonchev–Trinajstić information content (AvgIpc) is 2.39. The molecule has 0 bridgehead atoms. The second-order valence-electron chi connectivity index (χ2n) is 4.12. The molecule has 0 N–H and O–H groups in total. The number of carbonyl (C=O) groups is 1. The molecule has 18 heavy (non-hydrogen) atoms. The Morgan fingerprint density at radius 1 is 1.00 bits per heavy atom. The third kappa shape index (κ3) is 2.74. The lowest BCUT2D eigenvalue weighted by atomic mass is 10.0. The number of ketones is 1. The first-order chi connectivity index (χ1) is 8.58. The fraction of sp³-hybridized carbons (Fsp3) is 0.133. The van der Waals surface area contributed by atoms with Gasteiger partial charge >= 0.3 is 0 Å². The summed E-state index contributed by atoms with van der Waals surface area (Å²) in [4.78, 5) is 12.1. The lowest BCUT2D eigenvalue weighted by Crippen LogP contribution is -1.92. The highest BCUT2D eigenvalue weighted by Crippen LogP contribution is 2.21. The van der Waals surface area contributed by atoms with Gasteiger partial charge < -0.3 is 0 Å². The smallest absolute Gasteiger partial charge is 0.159 e. The molecular weight excluding hydrogens is 244 g/mol. The monoisotopic (exact) mass is 258 g/mol. The van der Waals surface area contributed by atoms with Gasteiger partial charge in [0, 0.05) is 27.5 Å². The van der Waals surface area contributed by atoms with E-state index >= 15 is 0 Å². The van der Waals surface area contributed by atoms with Gasteiger partial charge in [0.25, 0.3) is 0 Å². The van der Waals surface area contributed by atoms with Gasteiger partial charge in [-0.1, -0.05) is 30.3 Å². The molecule has 1 unspecified atom stereocenters. The lowest BCUT2D eigenvalue weighted by molar-refractivity contribution is 0.101. The molecule has 1 atom stereocenters. The Morgan fingerprint density at radius 2 is 1.67 bits per heavy atom. The largest absolute Gasteiger partial charge is 0.295 e. The average molecular weight is 258 g/mol. The van der Waals surface area contributed by atoms with E-state index in [4.69, 9.17) is 0 Å². The summed E-state index contributed by atoms with van der Waals surface area (Å²) < 4.78 is 11.3. The maximum atomic E-state index is 11.3. The highest BCUT2D eigenvalue weighted by molar-refractivity contribution is 7.84. The van der Waals surface area contributed by atoms with E-state index in [2.05, 4.69) is 0 Å². The fourth-order valence-corrected chi connectivity index (χ4v) is 2.28. The van der Waals surface area contributed by atoms with Crippen LogP contribution in [-0.2, 0) is 10.8 Å². The van der Waals surface area contributed by atoms with Crippen LogP contribution in [0.1, 0.15) is 17.3 Å². The summed E-state index contributed by atoms with van der Waals surface area (Å²) >= 11 is 0. The number of benzene rings is 2. The predicted molar refractivity (Wildman–Crippen MR) is 74.2 cm³/mol. The Kier molecular flexibility index (Phi) is 3.72. The lowest BCUT2D eigenvalue weighted by Gasteiger charge is -2.04. The van der Waals surface area contributed by atoms with E-state index in [0.29, 0.717) is 5.56 Å². The summed E-state index contributed by atoms with van der Waals surface area (Å²) in [5, 5.41) is 0. The zero-order valence-corrected chi connectivity index (χ0v) is 11.2. The first kappa shape index (κ1) is 12.7. The van der Waals surface area contributed by atoms with Gasteiger partial charge in [-0.3, -0.25) is 9.00 Å². The highest BCUT2D eigenvalue weighted by atomic mass is 32.2. The van der Waals surface area contributed by atoms with Crippen molar-refractivity contribution in [2.75, 3.05) is 6.26 Å². The standard InChI is InChI=1S/C15H14O2S/c1-11(16)13-4-3-5-14(10-13)12-6-8-15(9-7-12)18(2)17/h3-10H,1-2H3. The van der Waals surface area contributed by atoms with Crippen molar-refractivity contribution in [3.63, 3.8) is 0 Å². The topological polar surface area (TPSA) is 34.1 Å². The van der Waals surface area contributed by atoms with Crippen molar-refractivity contribution in [1.82, 2.24) is 0 Å². The van der Waals surface area contributed by atoms with E-state index in [-0.39, 0.29) is 5.78 Å². The Hall–Kier alpha value is -1.74. The molecule has 0 saturated carbocycles. The van der Waals surface area contributed by atoms with Crippen LogP contribution in [0.3, 0.4) is 0 Å². The van der Waals surface area contributed by atoms with Gasteiger partial charge in [0.15, 0.2) is 5.78 Å². The van der Waals surface area contributed by atoms with Crippen molar-refractivity contribution in [3.05, 3.63) is 54.1 Å². The summed E-state index contributed by atoms with van der Waals surface area (Å²) in [6.07, 6.45) is 1.66. The van der Waals surface area contributed by atoms with E-state index in [9.17, 15) is 9.00 Å². The van der Waals surface area contributed by atoms with Crippen molar-refractivity contribution < 1.29 is 9.00 Å². The third-order valence-corrected chi connectivity index (χ3v) is 3.72. The molecule has 0 aliphatic carbocycles. The summed E-state index contributed by atoms with van der Waals surface area (Å²) in [6.45, 7) is 1.56. The second-order valence-corrected chi connectivity index (χ2v) is 5.50. The van der Waals surface area contributed by atoms with Crippen LogP contribution >= 0.6 is 0 Å². The van der Waals surface area contributed by atoms with Crippen LogP contribution in [0.25, 0.3) is 11.1 Å². The van der Waals surface area contributed by atoms with Crippen LogP contribution < -0.4 is 0 Å². The molecule has 0 aromatic heterocycles. The minimum atomic E-state index is -0.959. The molecule has 0 spiro atoms. The van der Waals surface area contributed by atoms with Gasteiger partial charge in [0.2, 0.25) is 0 Å².